The van der Waals surface area contributed by atoms with Crippen molar-refractivity contribution in [3.8, 4) is 0 Å². The summed E-state index contributed by atoms with van der Waals surface area (Å²) >= 11 is 3.62. The maximum atomic E-state index is 3.75. The Hall–Kier alpha value is -0.500. The molecule has 0 aliphatic heterocycles. The Balaban J connectivity index is 1.93. The molecular weight excluding hydrogens is 310 g/mol. The SMILES string of the molecule is CCC(C)(C)C1CCC(Nc2cccc(Br)c2C)CC1. The average Bonchev–Trinajstić information content (AvgIpc) is 2.44. The summed E-state index contributed by atoms with van der Waals surface area (Å²) in [4.78, 5) is 0. The van der Waals surface area contributed by atoms with Crippen molar-refractivity contribution in [1.82, 2.24) is 0 Å². The molecule has 0 radical (unpaired) electrons. The summed E-state index contributed by atoms with van der Waals surface area (Å²) in [6, 6.07) is 7.07. The van der Waals surface area contributed by atoms with E-state index in [0.29, 0.717) is 11.5 Å². The third-order valence-corrected chi connectivity index (χ3v) is 6.23. The Kier molecular flexibility index (Phi) is 5.17. The molecule has 1 nitrogen and oxygen atoms in total. The second-order valence-electron chi connectivity index (χ2n) is 6.95. The minimum Gasteiger partial charge on any atom is -0.382 e. The molecule has 2 heteroatoms. The minimum atomic E-state index is 0.511. The molecule has 0 amide bonds. The van der Waals surface area contributed by atoms with Gasteiger partial charge in [-0.25, -0.2) is 0 Å². The lowest BCUT2D eigenvalue weighted by atomic mass is 9.69. The van der Waals surface area contributed by atoms with Crippen LogP contribution in [0.2, 0.25) is 0 Å². The quantitative estimate of drug-likeness (QED) is 0.693. The van der Waals surface area contributed by atoms with Crippen molar-refractivity contribution < 1.29 is 0 Å². The third-order valence-electron chi connectivity index (χ3n) is 5.37. The first-order chi connectivity index (χ1) is 9.44. The number of benzene rings is 1. The van der Waals surface area contributed by atoms with Gasteiger partial charge in [0, 0.05) is 16.2 Å². The summed E-state index contributed by atoms with van der Waals surface area (Å²) in [6.07, 6.45) is 6.64. The van der Waals surface area contributed by atoms with Crippen LogP contribution in [0.3, 0.4) is 0 Å². The van der Waals surface area contributed by atoms with Crippen LogP contribution in [0.15, 0.2) is 22.7 Å². The number of halogens is 1. The predicted octanol–water partition coefficient (Wildman–Crippen LogP) is 6.16. The molecule has 20 heavy (non-hydrogen) atoms. The van der Waals surface area contributed by atoms with E-state index in [0.717, 1.165) is 5.92 Å². The summed E-state index contributed by atoms with van der Waals surface area (Å²) in [7, 11) is 0. The van der Waals surface area contributed by atoms with E-state index in [1.807, 2.05) is 0 Å². The van der Waals surface area contributed by atoms with E-state index >= 15 is 0 Å². The highest BCUT2D eigenvalue weighted by molar-refractivity contribution is 9.10. The van der Waals surface area contributed by atoms with Crippen molar-refractivity contribution in [1.29, 1.82) is 0 Å². The Morgan fingerprint density at radius 1 is 1.20 bits per heavy atom. The molecule has 1 fully saturated rings. The van der Waals surface area contributed by atoms with E-state index in [4.69, 9.17) is 0 Å². The molecule has 1 aromatic rings. The highest BCUT2D eigenvalue weighted by Gasteiger charge is 2.31. The van der Waals surface area contributed by atoms with Gasteiger partial charge in [-0.3, -0.25) is 0 Å². The van der Waals surface area contributed by atoms with Crippen LogP contribution >= 0.6 is 15.9 Å². The highest BCUT2D eigenvalue weighted by Crippen LogP contribution is 2.41. The minimum absolute atomic E-state index is 0.511. The van der Waals surface area contributed by atoms with Crippen molar-refractivity contribution in [2.45, 2.75) is 65.8 Å². The third kappa shape index (κ3) is 3.58. The van der Waals surface area contributed by atoms with Crippen LogP contribution in [-0.4, -0.2) is 6.04 Å². The van der Waals surface area contributed by atoms with Gasteiger partial charge in [0.05, 0.1) is 0 Å². The van der Waals surface area contributed by atoms with Crippen LogP contribution in [0.1, 0.15) is 58.4 Å². The zero-order valence-corrected chi connectivity index (χ0v) is 14.9. The summed E-state index contributed by atoms with van der Waals surface area (Å²) in [5.74, 6) is 0.897. The topological polar surface area (TPSA) is 12.0 Å². The number of rotatable bonds is 4. The van der Waals surface area contributed by atoms with Gasteiger partial charge in [0.25, 0.3) is 0 Å². The lowest BCUT2D eigenvalue weighted by Gasteiger charge is -2.39. The number of hydrogen-bond acceptors (Lipinski definition) is 1. The predicted molar refractivity (Wildman–Crippen MR) is 92.3 cm³/mol. The van der Waals surface area contributed by atoms with E-state index in [1.165, 1.54) is 47.8 Å². The molecule has 0 atom stereocenters. The van der Waals surface area contributed by atoms with Gasteiger partial charge in [0.1, 0.15) is 0 Å². The Bertz CT molecular complexity index is 445. The number of nitrogens with one attached hydrogen (secondary N) is 1. The molecule has 1 N–H and O–H groups in total. The van der Waals surface area contributed by atoms with E-state index in [2.05, 4.69) is 67.1 Å². The van der Waals surface area contributed by atoms with Gasteiger partial charge in [-0.15, -0.1) is 0 Å². The number of anilines is 1. The number of hydrogen-bond donors (Lipinski definition) is 1. The second kappa shape index (κ2) is 6.51. The van der Waals surface area contributed by atoms with Gasteiger partial charge < -0.3 is 5.32 Å². The van der Waals surface area contributed by atoms with Crippen LogP contribution < -0.4 is 5.32 Å². The molecule has 1 aliphatic carbocycles. The van der Waals surface area contributed by atoms with Crippen LogP contribution in [0.4, 0.5) is 5.69 Å². The van der Waals surface area contributed by atoms with E-state index in [-0.39, 0.29) is 0 Å². The lowest BCUT2D eigenvalue weighted by molar-refractivity contribution is 0.147. The zero-order chi connectivity index (χ0) is 14.8. The van der Waals surface area contributed by atoms with Crippen LogP contribution in [0, 0.1) is 18.3 Å². The van der Waals surface area contributed by atoms with Crippen molar-refractivity contribution in [3.63, 3.8) is 0 Å². The Labute approximate surface area is 132 Å². The normalized spacial score (nSPS) is 23.6. The summed E-state index contributed by atoms with van der Waals surface area (Å²) in [5, 5.41) is 3.75. The molecule has 0 bridgehead atoms. The molecule has 1 aliphatic rings. The monoisotopic (exact) mass is 337 g/mol. The maximum absolute atomic E-state index is 3.75. The van der Waals surface area contributed by atoms with Gasteiger partial charge in [-0.2, -0.15) is 0 Å². The maximum Gasteiger partial charge on any atom is 0.0383 e. The first-order valence-corrected chi connectivity index (χ1v) is 8.75. The van der Waals surface area contributed by atoms with Crippen molar-refractivity contribution in [2.24, 2.45) is 11.3 Å². The lowest BCUT2D eigenvalue weighted by Crippen LogP contribution is -2.32. The largest absolute Gasteiger partial charge is 0.382 e. The van der Waals surface area contributed by atoms with Crippen LogP contribution in [0.5, 0.6) is 0 Å². The molecule has 0 spiro atoms. The van der Waals surface area contributed by atoms with Gasteiger partial charge in [0.15, 0.2) is 0 Å². The molecule has 0 heterocycles. The van der Waals surface area contributed by atoms with Crippen molar-refractivity contribution in [2.75, 3.05) is 5.32 Å². The molecule has 1 saturated carbocycles. The van der Waals surface area contributed by atoms with E-state index < -0.39 is 0 Å². The van der Waals surface area contributed by atoms with Crippen LogP contribution in [-0.2, 0) is 0 Å². The molecule has 112 valence electrons. The summed E-state index contributed by atoms with van der Waals surface area (Å²) in [5.41, 5.74) is 3.12. The molecule has 0 aromatic heterocycles. The standard InChI is InChI=1S/C18H28BrN/c1-5-18(3,4)14-9-11-15(12-10-14)20-17-8-6-7-16(19)13(17)2/h6-8,14-15,20H,5,9-12H2,1-4H3. The first-order valence-electron chi connectivity index (χ1n) is 7.95. The summed E-state index contributed by atoms with van der Waals surface area (Å²) in [6.45, 7) is 9.38. The van der Waals surface area contributed by atoms with Crippen LogP contribution in [0.25, 0.3) is 0 Å². The van der Waals surface area contributed by atoms with Gasteiger partial charge in [-0.05, 0) is 61.6 Å². The fourth-order valence-corrected chi connectivity index (χ4v) is 3.66. The summed E-state index contributed by atoms with van der Waals surface area (Å²) < 4.78 is 1.20. The molecule has 0 saturated heterocycles. The Morgan fingerprint density at radius 3 is 2.45 bits per heavy atom. The first kappa shape index (κ1) is 15.9. The molecule has 1 aromatic carbocycles. The fourth-order valence-electron chi connectivity index (χ4n) is 3.29. The molecule has 2 rings (SSSR count). The zero-order valence-electron chi connectivity index (χ0n) is 13.3. The van der Waals surface area contributed by atoms with Crippen molar-refractivity contribution in [3.05, 3.63) is 28.2 Å². The smallest absolute Gasteiger partial charge is 0.0383 e. The van der Waals surface area contributed by atoms with Gasteiger partial charge in [0.2, 0.25) is 0 Å². The van der Waals surface area contributed by atoms with E-state index in [1.54, 1.807) is 0 Å². The van der Waals surface area contributed by atoms with Gasteiger partial charge in [-0.1, -0.05) is 49.2 Å². The Morgan fingerprint density at radius 2 is 1.85 bits per heavy atom. The van der Waals surface area contributed by atoms with Gasteiger partial charge >= 0.3 is 0 Å². The average molecular weight is 338 g/mol. The highest BCUT2D eigenvalue weighted by atomic mass is 79.9. The molecular formula is C18H28BrN. The van der Waals surface area contributed by atoms with E-state index in [9.17, 15) is 0 Å². The second-order valence-corrected chi connectivity index (χ2v) is 7.80. The molecule has 0 unspecified atom stereocenters. The van der Waals surface area contributed by atoms with Crippen molar-refractivity contribution >= 4 is 21.6 Å². The fraction of sp³-hybridized carbons (Fsp3) is 0.667.